The molecule has 21 heavy (non-hydrogen) atoms. The number of aryl methyl sites for hydroxylation is 1. The Hall–Kier alpha value is -1.46. The van der Waals surface area contributed by atoms with Crippen LogP contribution in [0.25, 0.3) is 0 Å². The minimum Gasteiger partial charge on any atom is -0.353 e. The summed E-state index contributed by atoms with van der Waals surface area (Å²) in [6, 6.07) is 6.50. The molecule has 116 valence electrons. The highest BCUT2D eigenvalue weighted by molar-refractivity contribution is 5.77. The maximum Gasteiger partial charge on any atom is 0.221 e. The van der Waals surface area contributed by atoms with Gasteiger partial charge in [0.1, 0.15) is 0 Å². The lowest BCUT2D eigenvalue weighted by Gasteiger charge is -2.29. The van der Waals surface area contributed by atoms with E-state index in [1.54, 1.807) is 0 Å². The van der Waals surface area contributed by atoms with Crippen molar-refractivity contribution in [2.45, 2.75) is 51.7 Å². The number of aromatic nitrogens is 1. The first kappa shape index (κ1) is 15.9. The normalized spacial score (nSPS) is 16.0. The van der Waals surface area contributed by atoms with Crippen molar-refractivity contribution >= 4 is 5.91 Å². The van der Waals surface area contributed by atoms with Crippen LogP contribution in [0.5, 0.6) is 0 Å². The molecule has 1 aromatic rings. The van der Waals surface area contributed by atoms with Gasteiger partial charge in [0.2, 0.25) is 5.91 Å². The predicted octanol–water partition coefficient (Wildman–Crippen LogP) is 1.21. The van der Waals surface area contributed by atoms with E-state index >= 15 is 0 Å². The minimum atomic E-state index is 0.0658. The number of amides is 1. The Labute approximate surface area is 126 Å². The molecule has 0 bridgehead atoms. The summed E-state index contributed by atoms with van der Waals surface area (Å²) >= 11 is 0. The molecule has 1 aliphatic rings. The van der Waals surface area contributed by atoms with E-state index in [1.807, 2.05) is 25.1 Å². The van der Waals surface area contributed by atoms with Gasteiger partial charge in [-0.25, -0.2) is 0 Å². The first-order valence-electron chi connectivity index (χ1n) is 7.78. The van der Waals surface area contributed by atoms with E-state index in [-0.39, 0.29) is 11.9 Å². The summed E-state index contributed by atoms with van der Waals surface area (Å²) in [6.07, 6.45) is 2.69. The summed E-state index contributed by atoms with van der Waals surface area (Å²) in [5, 5.41) is 3.03. The van der Waals surface area contributed by atoms with Crippen molar-refractivity contribution in [3.05, 3.63) is 29.6 Å². The molecule has 1 aromatic heterocycles. The van der Waals surface area contributed by atoms with Gasteiger partial charge in [0.25, 0.3) is 0 Å². The summed E-state index contributed by atoms with van der Waals surface area (Å²) < 4.78 is 0. The maximum absolute atomic E-state index is 12.0. The van der Waals surface area contributed by atoms with Crippen molar-refractivity contribution in [2.24, 2.45) is 5.73 Å². The highest BCUT2D eigenvalue weighted by atomic mass is 16.1. The van der Waals surface area contributed by atoms with Crippen molar-refractivity contribution in [3.8, 4) is 0 Å². The van der Waals surface area contributed by atoms with Crippen molar-refractivity contribution < 1.29 is 4.79 Å². The zero-order chi connectivity index (χ0) is 15.2. The molecule has 0 aliphatic heterocycles. The van der Waals surface area contributed by atoms with Crippen LogP contribution in [-0.2, 0) is 11.3 Å². The number of nitrogens with one attached hydrogen (secondary N) is 1. The first-order chi connectivity index (χ1) is 10.1. The van der Waals surface area contributed by atoms with E-state index in [4.69, 9.17) is 5.73 Å². The highest BCUT2D eigenvalue weighted by Gasteiger charge is 2.26. The molecule has 0 aromatic carbocycles. The molecule has 3 N–H and O–H groups in total. The average Bonchev–Trinajstić information content (AvgIpc) is 3.26. The highest BCUT2D eigenvalue weighted by Crippen LogP contribution is 2.19. The second-order valence-corrected chi connectivity index (χ2v) is 5.77. The van der Waals surface area contributed by atoms with Crippen molar-refractivity contribution in [1.82, 2.24) is 15.2 Å². The molecule has 2 rings (SSSR count). The number of carbonyl (C=O) groups excluding carboxylic acids is 1. The fourth-order valence-corrected chi connectivity index (χ4v) is 2.48. The van der Waals surface area contributed by atoms with Crippen LogP contribution in [0, 0.1) is 6.92 Å². The Morgan fingerprint density at radius 1 is 1.52 bits per heavy atom. The second kappa shape index (κ2) is 7.52. The lowest BCUT2D eigenvalue weighted by Crippen LogP contribution is -2.44. The number of nitrogens with zero attached hydrogens (tertiary/aromatic N) is 2. The lowest BCUT2D eigenvalue weighted by molar-refractivity contribution is -0.122. The molecule has 1 atom stereocenters. The molecule has 0 saturated heterocycles. The van der Waals surface area contributed by atoms with E-state index < -0.39 is 0 Å². The number of hydrogen-bond acceptors (Lipinski definition) is 4. The van der Waals surface area contributed by atoms with E-state index in [9.17, 15) is 4.79 Å². The zero-order valence-corrected chi connectivity index (χ0v) is 13.0. The third kappa shape index (κ3) is 5.10. The molecule has 1 unspecified atom stereocenters. The molecular weight excluding hydrogens is 264 g/mol. The molecule has 1 amide bonds. The molecule has 1 fully saturated rings. The Morgan fingerprint density at radius 2 is 2.29 bits per heavy atom. The molecule has 1 aliphatic carbocycles. The Balaban J connectivity index is 1.93. The largest absolute Gasteiger partial charge is 0.353 e. The fraction of sp³-hybridized carbons (Fsp3) is 0.625. The van der Waals surface area contributed by atoms with Crippen LogP contribution in [-0.4, -0.2) is 41.0 Å². The van der Waals surface area contributed by atoms with Crippen LogP contribution >= 0.6 is 0 Å². The molecule has 1 heterocycles. The molecule has 5 nitrogen and oxygen atoms in total. The third-order valence-corrected chi connectivity index (χ3v) is 3.87. The minimum absolute atomic E-state index is 0.0658. The summed E-state index contributed by atoms with van der Waals surface area (Å²) in [5.74, 6) is 0.114. The van der Waals surface area contributed by atoms with Gasteiger partial charge in [-0.2, -0.15) is 0 Å². The van der Waals surface area contributed by atoms with E-state index in [0.717, 1.165) is 37.3 Å². The fourth-order valence-electron chi connectivity index (χ4n) is 2.48. The summed E-state index contributed by atoms with van der Waals surface area (Å²) in [6.45, 7) is 6.16. The van der Waals surface area contributed by atoms with Gasteiger partial charge in [-0.15, -0.1) is 0 Å². The van der Waals surface area contributed by atoms with Gasteiger partial charge in [0, 0.05) is 37.3 Å². The SMILES string of the molecule is CCN(Cc1cccc(C)n1)C(CN)CC(=O)NC1CC1. The average molecular weight is 290 g/mol. The lowest BCUT2D eigenvalue weighted by atomic mass is 10.1. The van der Waals surface area contributed by atoms with E-state index in [0.29, 0.717) is 19.0 Å². The second-order valence-electron chi connectivity index (χ2n) is 5.77. The third-order valence-electron chi connectivity index (χ3n) is 3.87. The van der Waals surface area contributed by atoms with E-state index in [1.165, 1.54) is 0 Å². The molecule has 1 saturated carbocycles. The molecule has 5 heteroatoms. The number of likely N-dealkylation sites (N-methyl/N-ethyl adjacent to an activating group) is 1. The van der Waals surface area contributed by atoms with E-state index in [2.05, 4.69) is 22.1 Å². The van der Waals surface area contributed by atoms with Gasteiger partial charge in [-0.05, 0) is 38.4 Å². The number of rotatable bonds is 8. The maximum atomic E-state index is 12.0. The van der Waals surface area contributed by atoms with Gasteiger partial charge in [-0.3, -0.25) is 14.7 Å². The predicted molar refractivity (Wildman–Crippen MR) is 83.7 cm³/mol. The smallest absolute Gasteiger partial charge is 0.221 e. The summed E-state index contributed by atoms with van der Waals surface area (Å²) in [5.41, 5.74) is 7.92. The van der Waals surface area contributed by atoms with Crippen LogP contribution < -0.4 is 11.1 Å². The topological polar surface area (TPSA) is 71.2 Å². The Bertz CT molecular complexity index is 473. The van der Waals surface area contributed by atoms with Crippen molar-refractivity contribution in [1.29, 1.82) is 0 Å². The zero-order valence-electron chi connectivity index (χ0n) is 13.0. The summed E-state index contributed by atoms with van der Waals surface area (Å²) in [4.78, 5) is 18.7. The number of pyridine rings is 1. The Morgan fingerprint density at radius 3 is 2.86 bits per heavy atom. The van der Waals surface area contributed by atoms with Crippen LogP contribution in [0.2, 0.25) is 0 Å². The number of hydrogen-bond donors (Lipinski definition) is 2. The van der Waals surface area contributed by atoms with Crippen LogP contribution in [0.15, 0.2) is 18.2 Å². The van der Waals surface area contributed by atoms with Crippen LogP contribution in [0.1, 0.15) is 37.6 Å². The van der Waals surface area contributed by atoms with Gasteiger partial charge < -0.3 is 11.1 Å². The number of carbonyl (C=O) groups is 1. The monoisotopic (exact) mass is 290 g/mol. The quantitative estimate of drug-likeness (QED) is 0.755. The van der Waals surface area contributed by atoms with Crippen molar-refractivity contribution in [3.63, 3.8) is 0 Å². The first-order valence-corrected chi connectivity index (χ1v) is 7.78. The molecule has 0 spiro atoms. The number of nitrogens with two attached hydrogens (primary N) is 1. The molecule has 0 radical (unpaired) electrons. The van der Waals surface area contributed by atoms with Crippen LogP contribution in [0.4, 0.5) is 0 Å². The Kier molecular flexibility index (Phi) is 5.70. The van der Waals surface area contributed by atoms with Gasteiger partial charge in [0.15, 0.2) is 0 Å². The molecular formula is C16H26N4O. The van der Waals surface area contributed by atoms with Gasteiger partial charge in [-0.1, -0.05) is 13.0 Å². The summed E-state index contributed by atoms with van der Waals surface area (Å²) in [7, 11) is 0. The standard InChI is InChI=1S/C16H26N4O/c1-3-20(11-14-6-4-5-12(2)18-14)15(10-17)9-16(21)19-13-7-8-13/h4-6,13,15H,3,7-11,17H2,1-2H3,(H,19,21). The van der Waals surface area contributed by atoms with Crippen molar-refractivity contribution in [2.75, 3.05) is 13.1 Å². The van der Waals surface area contributed by atoms with Crippen LogP contribution in [0.3, 0.4) is 0 Å². The van der Waals surface area contributed by atoms with Gasteiger partial charge >= 0.3 is 0 Å². The van der Waals surface area contributed by atoms with Gasteiger partial charge in [0.05, 0.1) is 5.69 Å².